The Kier molecular flexibility index (Phi) is 3.85. The van der Waals surface area contributed by atoms with Crippen LogP contribution in [-0.2, 0) is 19.1 Å². The normalized spacial score (nSPS) is 26.1. The third kappa shape index (κ3) is 4.11. The van der Waals surface area contributed by atoms with Crippen LogP contribution in [0.2, 0.25) is 0 Å². The zero-order valence-corrected chi connectivity index (χ0v) is 12.3. The van der Waals surface area contributed by atoms with Gasteiger partial charge in [0.25, 0.3) is 0 Å². The molecule has 4 heteroatoms. The van der Waals surface area contributed by atoms with Gasteiger partial charge >= 0.3 is 0 Å². The van der Waals surface area contributed by atoms with E-state index in [1.807, 2.05) is 27.7 Å². The van der Waals surface area contributed by atoms with Crippen LogP contribution in [0.4, 0.5) is 0 Å². The molecule has 0 aromatic heterocycles. The van der Waals surface area contributed by atoms with Gasteiger partial charge in [-0.05, 0) is 0 Å². The van der Waals surface area contributed by atoms with Gasteiger partial charge in [0.15, 0.2) is 0 Å². The molecule has 0 saturated carbocycles. The van der Waals surface area contributed by atoms with Crippen molar-refractivity contribution < 1.29 is 19.1 Å². The highest BCUT2D eigenvalue weighted by Gasteiger charge is 2.42. The number of hydrogen-bond acceptors (Lipinski definition) is 4. The van der Waals surface area contributed by atoms with Crippen LogP contribution in [0.5, 0.6) is 0 Å². The SMILES string of the molecule is CC(C)(CC(=O)CC(=O)CC(C)(C)C1CO1)C1CO1. The van der Waals surface area contributed by atoms with E-state index < -0.39 is 0 Å². The van der Waals surface area contributed by atoms with Crippen molar-refractivity contribution in [1.29, 1.82) is 0 Å². The molecular weight excluding hydrogens is 244 g/mol. The van der Waals surface area contributed by atoms with Crippen molar-refractivity contribution in [3.8, 4) is 0 Å². The molecule has 2 saturated heterocycles. The number of ether oxygens (including phenoxy) is 2. The lowest BCUT2D eigenvalue weighted by Crippen LogP contribution is -2.27. The Bertz CT molecular complexity index is 340. The van der Waals surface area contributed by atoms with Gasteiger partial charge in [0, 0.05) is 23.7 Å². The van der Waals surface area contributed by atoms with Crippen LogP contribution in [0.15, 0.2) is 0 Å². The van der Waals surface area contributed by atoms with Crippen LogP contribution in [0.25, 0.3) is 0 Å². The van der Waals surface area contributed by atoms with Gasteiger partial charge in [-0.1, -0.05) is 27.7 Å². The molecule has 2 unspecified atom stereocenters. The van der Waals surface area contributed by atoms with E-state index in [1.165, 1.54) is 0 Å². The highest BCUT2D eigenvalue weighted by atomic mass is 16.6. The zero-order chi connectivity index (χ0) is 14.3. The van der Waals surface area contributed by atoms with Crippen molar-refractivity contribution in [2.24, 2.45) is 10.8 Å². The van der Waals surface area contributed by atoms with Crippen LogP contribution >= 0.6 is 0 Å². The average molecular weight is 268 g/mol. The first kappa shape index (κ1) is 14.7. The lowest BCUT2D eigenvalue weighted by atomic mass is 9.80. The van der Waals surface area contributed by atoms with Gasteiger partial charge in [0.05, 0.1) is 31.8 Å². The molecule has 2 aliphatic heterocycles. The van der Waals surface area contributed by atoms with Crippen LogP contribution in [0, 0.1) is 10.8 Å². The minimum absolute atomic E-state index is 0.0259. The molecule has 0 radical (unpaired) electrons. The van der Waals surface area contributed by atoms with Crippen molar-refractivity contribution >= 4 is 11.6 Å². The summed E-state index contributed by atoms with van der Waals surface area (Å²) < 4.78 is 10.5. The topological polar surface area (TPSA) is 59.2 Å². The molecule has 2 fully saturated rings. The number of carbonyl (C=O) groups is 2. The lowest BCUT2D eigenvalue weighted by Gasteiger charge is -2.22. The standard InChI is InChI=1S/C15H24O4/c1-14(2,12-8-18-12)6-10(16)5-11(17)7-15(3,4)13-9-19-13/h12-13H,5-9H2,1-4H3. The molecule has 0 aromatic carbocycles. The van der Waals surface area contributed by atoms with Crippen molar-refractivity contribution in [3.05, 3.63) is 0 Å². The van der Waals surface area contributed by atoms with Crippen LogP contribution in [-0.4, -0.2) is 37.0 Å². The molecule has 0 spiro atoms. The molecule has 0 aliphatic carbocycles. The Hall–Kier alpha value is -0.740. The minimum atomic E-state index is -0.146. The summed E-state index contributed by atoms with van der Waals surface area (Å²) in [5, 5.41) is 0. The number of rotatable bonds is 8. The minimum Gasteiger partial charge on any atom is -0.373 e. The Morgan fingerprint density at radius 2 is 1.21 bits per heavy atom. The molecule has 2 aliphatic rings. The summed E-state index contributed by atoms with van der Waals surface area (Å²) in [7, 11) is 0. The van der Waals surface area contributed by atoms with Gasteiger partial charge in [0.1, 0.15) is 11.6 Å². The largest absolute Gasteiger partial charge is 0.373 e. The Morgan fingerprint density at radius 1 is 0.895 bits per heavy atom. The van der Waals surface area contributed by atoms with Crippen molar-refractivity contribution in [2.45, 2.75) is 59.2 Å². The second-order valence-corrected chi connectivity index (χ2v) is 7.23. The molecule has 2 heterocycles. The first-order valence-corrected chi connectivity index (χ1v) is 6.97. The number of carbonyl (C=O) groups excluding carboxylic acids is 2. The summed E-state index contributed by atoms with van der Waals surface area (Å²) in [5.41, 5.74) is -0.293. The molecule has 19 heavy (non-hydrogen) atoms. The van der Waals surface area contributed by atoms with Crippen molar-refractivity contribution in [1.82, 2.24) is 0 Å². The highest BCUT2D eigenvalue weighted by molar-refractivity contribution is 5.99. The summed E-state index contributed by atoms with van der Waals surface area (Å²) in [6, 6.07) is 0. The molecule has 2 rings (SSSR count). The predicted octanol–water partition coefficient (Wildman–Crippen LogP) is 2.14. The van der Waals surface area contributed by atoms with Crippen LogP contribution in [0.1, 0.15) is 47.0 Å². The van der Waals surface area contributed by atoms with Gasteiger partial charge in [-0.2, -0.15) is 0 Å². The summed E-state index contributed by atoms with van der Waals surface area (Å²) in [6.07, 6.45) is 1.26. The monoisotopic (exact) mass is 268 g/mol. The number of Topliss-reactive ketones (excluding diaryl/α,β-unsaturated/α-hetero) is 2. The van der Waals surface area contributed by atoms with Gasteiger partial charge in [0.2, 0.25) is 0 Å². The van der Waals surface area contributed by atoms with Gasteiger partial charge in [-0.3, -0.25) is 9.59 Å². The van der Waals surface area contributed by atoms with Gasteiger partial charge < -0.3 is 9.47 Å². The van der Waals surface area contributed by atoms with E-state index in [1.54, 1.807) is 0 Å². The number of hydrogen-bond donors (Lipinski definition) is 0. The van der Waals surface area contributed by atoms with E-state index in [-0.39, 0.29) is 41.0 Å². The predicted molar refractivity (Wildman–Crippen MR) is 70.9 cm³/mol. The Labute approximate surface area is 114 Å². The first-order valence-electron chi connectivity index (χ1n) is 6.97. The third-order valence-corrected chi connectivity index (χ3v) is 4.11. The Balaban J connectivity index is 1.76. The maximum Gasteiger partial charge on any atom is 0.140 e. The van der Waals surface area contributed by atoms with Crippen molar-refractivity contribution in [3.63, 3.8) is 0 Å². The fraction of sp³-hybridized carbons (Fsp3) is 0.867. The van der Waals surface area contributed by atoms with Crippen LogP contribution in [0.3, 0.4) is 0 Å². The summed E-state index contributed by atoms with van der Waals surface area (Å²) in [4.78, 5) is 23.9. The summed E-state index contributed by atoms with van der Waals surface area (Å²) >= 11 is 0. The number of ketones is 2. The molecule has 0 amide bonds. The second kappa shape index (κ2) is 4.98. The van der Waals surface area contributed by atoms with E-state index in [0.717, 1.165) is 13.2 Å². The fourth-order valence-corrected chi connectivity index (χ4v) is 2.59. The maximum absolute atomic E-state index is 12.0. The molecule has 0 bridgehead atoms. The Morgan fingerprint density at radius 3 is 1.47 bits per heavy atom. The first-order chi connectivity index (χ1) is 8.71. The lowest BCUT2D eigenvalue weighted by molar-refractivity contribution is -0.129. The molecule has 108 valence electrons. The smallest absolute Gasteiger partial charge is 0.140 e. The van der Waals surface area contributed by atoms with E-state index in [4.69, 9.17) is 9.47 Å². The van der Waals surface area contributed by atoms with E-state index in [0.29, 0.717) is 12.8 Å². The van der Waals surface area contributed by atoms with Gasteiger partial charge in [-0.25, -0.2) is 0 Å². The van der Waals surface area contributed by atoms with E-state index in [9.17, 15) is 9.59 Å². The average Bonchev–Trinajstić information content (AvgIpc) is 3.09. The quantitative estimate of drug-likeness (QED) is 0.500. The zero-order valence-electron chi connectivity index (χ0n) is 12.3. The molecule has 0 N–H and O–H groups in total. The van der Waals surface area contributed by atoms with Gasteiger partial charge in [-0.15, -0.1) is 0 Å². The van der Waals surface area contributed by atoms with Crippen molar-refractivity contribution in [2.75, 3.05) is 13.2 Å². The highest BCUT2D eigenvalue weighted by Crippen LogP contribution is 2.37. The van der Waals surface area contributed by atoms with Crippen LogP contribution < -0.4 is 0 Å². The summed E-state index contributed by atoms with van der Waals surface area (Å²) in [5.74, 6) is 0.0519. The fourth-order valence-electron chi connectivity index (χ4n) is 2.59. The molecule has 0 aromatic rings. The van der Waals surface area contributed by atoms with E-state index >= 15 is 0 Å². The third-order valence-electron chi connectivity index (χ3n) is 4.11. The second-order valence-electron chi connectivity index (χ2n) is 7.23. The maximum atomic E-state index is 12.0. The molecule has 4 nitrogen and oxygen atoms in total. The summed E-state index contributed by atoms with van der Waals surface area (Å²) in [6.45, 7) is 9.56. The molecular formula is C15H24O4. The number of epoxide rings is 2. The molecule has 2 atom stereocenters. The van der Waals surface area contributed by atoms with E-state index in [2.05, 4.69) is 0 Å².